The smallest absolute Gasteiger partial charge is 0.193 e. The van der Waals surface area contributed by atoms with Crippen molar-refractivity contribution in [3.63, 3.8) is 0 Å². The minimum Gasteiger partial charge on any atom is -0.493 e. The first-order valence-corrected chi connectivity index (χ1v) is 9.08. The lowest BCUT2D eigenvalue weighted by molar-refractivity contribution is 0.301. The first-order chi connectivity index (χ1) is 14.2. The quantitative estimate of drug-likeness (QED) is 0.263. The highest BCUT2D eigenvalue weighted by Gasteiger charge is 2.05. The fraction of sp³-hybridized carbons (Fsp3) is 0.182. The van der Waals surface area contributed by atoms with Gasteiger partial charge in [0.05, 0.1) is 26.5 Å². The molecule has 0 fully saturated rings. The molecule has 0 aliphatic heterocycles. The average molecular weight is 520 g/mol. The Morgan fingerprint density at radius 3 is 2.43 bits per heavy atom. The molecule has 0 radical (unpaired) electrons. The van der Waals surface area contributed by atoms with Crippen molar-refractivity contribution in [2.24, 2.45) is 10.7 Å². The third-order valence-electron chi connectivity index (χ3n) is 4.12. The highest BCUT2D eigenvalue weighted by atomic mass is 127. The molecular formula is C22H25IN4O3. The summed E-state index contributed by atoms with van der Waals surface area (Å²) in [6.45, 7) is 0.882. The SMILES string of the molecule is COc1ccc(NC(N)=NCc2ccc(OCc3ccccn3)cc2)cc1OC.I. The molecule has 1 aromatic heterocycles. The van der Waals surface area contributed by atoms with Gasteiger partial charge in [-0.1, -0.05) is 18.2 Å². The van der Waals surface area contributed by atoms with Gasteiger partial charge in [-0.25, -0.2) is 4.99 Å². The number of rotatable bonds is 8. The van der Waals surface area contributed by atoms with E-state index in [0.717, 1.165) is 22.7 Å². The first kappa shape index (κ1) is 23.3. The van der Waals surface area contributed by atoms with Crippen molar-refractivity contribution in [3.8, 4) is 17.2 Å². The minimum atomic E-state index is 0. The molecule has 1 heterocycles. The molecule has 0 aliphatic rings. The van der Waals surface area contributed by atoms with Crippen LogP contribution in [0.15, 0.2) is 71.9 Å². The highest BCUT2D eigenvalue weighted by Crippen LogP contribution is 2.29. The van der Waals surface area contributed by atoms with Gasteiger partial charge in [0.25, 0.3) is 0 Å². The van der Waals surface area contributed by atoms with Crippen LogP contribution < -0.4 is 25.3 Å². The van der Waals surface area contributed by atoms with Crippen molar-refractivity contribution in [1.82, 2.24) is 4.98 Å². The topological polar surface area (TPSA) is 91.0 Å². The minimum absolute atomic E-state index is 0. The van der Waals surface area contributed by atoms with Gasteiger partial charge < -0.3 is 25.3 Å². The zero-order chi connectivity index (χ0) is 20.5. The molecule has 0 saturated heterocycles. The number of hydrogen-bond acceptors (Lipinski definition) is 5. The van der Waals surface area contributed by atoms with Crippen LogP contribution in [0.1, 0.15) is 11.3 Å². The Balaban J connectivity index is 0.00000320. The number of benzene rings is 2. The molecular weight excluding hydrogens is 495 g/mol. The van der Waals surface area contributed by atoms with Gasteiger partial charge in [-0.05, 0) is 42.0 Å². The summed E-state index contributed by atoms with van der Waals surface area (Å²) in [7, 11) is 3.18. The van der Waals surface area contributed by atoms with E-state index in [9.17, 15) is 0 Å². The number of aliphatic imine (C=N–C) groups is 1. The van der Waals surface area contributed by atoms with Crippen molar-refractivity contribution < 1.29 is 14.2 Å². The molecule has 3 N–H and O–H groups in total. The van der Waals surface area contributed by atoms with Crippen LogP contribution in [-0.4, -0.2) is 25.2 Å². The maximum Gasteiger partial charge on any atom is 0.193 e. The lowest BCUT2D eigenvalue weighted by atomic mass is 10.2. The zero-order valence-corrected chi connectivity index (χ0v) is 19.2. The molecule has 3 rings (SSSR count). The van der Waals surface area contributed by atoms with Gasteiger partial charge >= 0.3 is 0 Å². The van der Waals surface area contributed by atoms with Crippen LogP contribution >= 0.6 is 24.0 Å². The number of pyridine rings is 1. The van der Waals surface area contributed by atoms with Crippen LogP contribution in [0, 0.1) is 0 Å². The molecule has 0 unspecified atom stereocenters. The number of guanidine groups is 1. The third-order valence-corrected chi connectivity index (χ3v) is 4.12. The van der Waals surface area contributed by atoms with Gasteiger partial charge in [0.1, 0.15) is 12.4 Å². The predicted molar refractivity (Wildman–Crippen MR) is 129 cm³/mol. The van der Waals surface area contributed by atoms with E-state index in [4.69, 9.17) is 19.9 Å². The average Bonchev–Trinajstić information content (AvgIpc) is 2.77. The fourth-order valence-corrected chi connectivity index (χ4v) is 2.61. The van der Waals surface area contributed by atoms with Crippen LogP contribution in [-0.2, 0) is 13.2 Å². The van der Waals surface area contributed by atoms with Crippen molar-refractivity contribution >= 4 is 35.6 Å². The molecule has 30 heavy (non-hydrogen) atoms. The van der Waals surface area contributed by atoms with Gasteiger partial charge in [0, 0.05) is 18.0 Å². The molecule has 0 atom stereocenters. The molecule has 0 amide bonds. The number of aromatic nitrogens is 1. The Bertz CT molecular complexity index is 950. The van der Waals surface area contributed by atoms with E-state index < -0.39 is 0 Å². The predicted octanol–water partition coefficient (Wildman–Crippen LogP) is 4.22. The van der Waals surface area contributed by atoms with Gasteiger partial charge in [-0.2, -0.15) is 0 Å². The summed E-state index contributed by atoms with van der Waals surface area (Å²) < 4.78 is 16.2. The summed E-state index contributed by atoms with van der Waals surface area (Å²) in [6.07, 6.45) is 1.75. The van der Waals surface area contributed by atoms with E-state index in [-0.39, 0.29) is 24.0 Å². The van der Waals surface area contributed by atoms with Gasteiger partial charge in [0.2, 0.25) is 0 Å². The zero-order valence-electron chi connectivity index (χ0n) is 16.9. The van der Waals surface area contributed by atoms with Gasteiger partial charge in [-0.3, -0.25) is 4.98 Å². The Morgan fingerprint density at radius 2 is 1.77 bits per heavy atom. The highest BCUT2D eigenvalue weighted by molar-refractivity contribution is 14.0. The summed E-state index contributed by atoms with van der Waals surface area (Å²) >= 11 is 0. The monoisotopic (exact) mass is 520 g/mol. The molecule has 0 spiro atoms. The van der Waals surface area contributed by atoms with E-state index in [2.05, 4.69) is 15.3 Å². The summed E-state index contributed by atoms with van der Waals surface area (Å²) in [5, 5.41) is 3.05. The standard InChI is InChI=1S/C22H24N4O3.HI/c1-27-20-11-8-17(13-21(20)28-2)26-22(23)25-14-16-6-9-19(10-7-16)29-15-18-5-3-4-12-24-18;/h3-13H,14-15H2,1-2H3,(H3,23,25,26);1H. The fourth-order valence-electron chi connectivity index (χ4n) is 2.61. The van der Waals surface area contributed by atoms with Crippen molar-refractivity contribution in [2.45, 2.75) is 13.2 Å². The van der Waals surface area contributed by atoms with E-state index in [1.54, 1.807) is 32.5 Å². The van der Waals surface area contributed by atoms with Crippen LogP contribution in [0.3, 0.4) is 0 Å². The molecule has 2 aromatic carbocycles. The number of halogens is 1. The second-order valence-electron chi connectivity index (χ2n) is 6.15. The summed E-state index contributed by atoms with van der Waals surface area (Å²) in [5.41, 5.74) is 8.66. The number of nitrogens with zero attached hydrogens (tertiary/aromatic N) is 2. The molecule has 0 bridgehead atoms. The molecule has 0 saturated carbocycles. The third kappa shape index (κ3) is 6.80. The number of anilines is 1. The van der Waals surface area contributed by atoms with E-state index in [0.29, 0.717) is 30.6 Å². The van der Waals surface area contributed by atoms with Crippen LogP contribution in [0.25, 0.3) is 0 Å². The van der Waals surface area contributed by atoms with Gasteiger partial charge in [0.15, 0.2) is 17.5 Å². The molecule has 158 valence electrons. The maximum absolute atomic E-state index is 5.99. The number of ether oxygens (including phenoxy) is 3. The summed E-state index contributed by atoms with van der Waals surface area (Å²) in [4.78, 5) is 8.61. The number of nitrogens with two attached hydrogens (primary N) is 1. The lowest BCUT2D eigenvalue weighted by Crippen LogP contribution is -2.22. The number of nitrogens with one attached hydrogen (secondary N) is 1. The Kier molecular flexibility index (Phi) is 9.20. The van der Waals surface area contributed by atoms with Crippen molar-refractivity contribution in [1.29, 1.82) is 0 Å². The second-order valence-corrected chi connectivity index (χ2v) is 6.15. The van der Waals surface area contributed by atoms with Gasteiger partial charge in [-0.15, -0.1) is 24.0 Å². The normalized spacial score (nSPS) is 10.7. The van der Waals surface area contributed by atoms with E-state index in [1.165, 1.54) is 0 Å². The Hall–Kier alpha value is -3.01. The number of methoxy groups -OCH3 is 2. The van der Waals surface area contributed by atoms with Crippen molar-refractivity contribution in [2.75, 3.05) is 19.5 Å². The molecule has 0 aliphatic carbocycles. The second kappa shape index (κ2) is 11.9. The Labute approximate surface area is 193 Å². The maximum atomic E-state index is 5.99. The molecule has 8 heteroatoms. The van der Waals surface area contributed by atoms with E-state index in [1.807, 2.05) is 48.5 Å². The first-order valence-electron chi connectivity index (χ1n) is 9.08. The Morgan fingerprint density at radius 1 is 1.00 bits per heavy atom. The summed E-state index contributed by atoms with van der Waals surface area (Å²) in [6, 6.07) is 18.9. The molecule has 3 aromatic rings. The number of hydrogen-bond donors (Lipinski definition) is 2. The largest absolute Gasteiger partial charge is 0.493 e. The van der Waals surface area contributed by atoms with Crippen LogP contribution in [0.5, 0.6) is 17.2 Å². The van der Waals surface area contributed by atoms with Crippen LogP contribution in [0.4, 0.5) is 5.69 Å². The molecule has 7 nitrogen and oxygen atoms in total. The lowest BCUT2D eigenvalue weighted by Gasteiger charge is -2.11. The van der Waals surface area contributed by atoms with Crippen molar-refractivity contribution in [3.05, 3.63) is 78.1 Å². The van der Waals surface area contributed by atoms with E-state index >= 15 is 0 Å². The van der Waals surface area contributed by atoms with Crippen LogP contribution in [0.2, 0.25) is 0 Å². The summed E-state index contributed by atoms with van der Waals surface area (Å²) in [5.74, 6) is 2.36.